The number of aldehydes is 1. The third kappa shape index (κ3) is 1.96. The highest BCUT2D eigenvalue weighted by atomic mass is 16.1. The normalized spacial score (nSPS) is 14.3. The molecule has 3 heterocycles. The fourth-order valence-electron chi connectivity index (χ4n) is 3.13. The van der Waals surface area contributed by atoms with Crippen molar-refractivity contribution in [2.24, 2.45) is 0 Å². The summed E-state index contributed by atoms with van der Waals surface area (Å²) in [6, 6.07) is 7.79. The van der Waals surface area contributed by atoms with Gasteiger partial charge in [-0.25, -0.2) is 0 Å². The van der Waals surface area contributed by atoms with Crippen LogP contribution in [0, 0.1) is 0 Å². The minimum Gasteiger partial charge on any atom is -0.340 e. The van der Waals surface area contributed by atoms with Crippen LogP contribution < -0.4 is 0 Å². The predicted octanol–water partition coefficient (Wildman–Crippen LogP) is 2.43. The average Bonchev–Trinajstić information content (AvgIpc) is 3.13. The third-order valence-corrected chi connectivity index (χ3v) is 4.22. The molecule has 1 aliphatic heterocycles. The lowest BCUT2D eigenvalue weighted by molar-refractivity contribution is 0.112. The molecule has 106 valence electrons. The number of aryl methyl sites for hydroxylation is 1. The van der Waals surface area contributed by atoms with Crippen molar-refractivity contribution < 1.29 is 4.79 Å². The van der Waals surface area contributed by atoms with Crippen LogP contribution in [0.2, 0.25) is 0 Å². The molecular weight excluding hydrogens is 264 g/mol. The predicted molar refractivity (Wildman–Crippen MR) is 79.4 cm³/mol. The van der Waals surface area contributed by atoms with Gasteiger partial charge in [0.25, 0.3) is 0 Å². The number of carbonyl (C=O) groups is 1. The first-order chi connectivity index (χ1) is 10.4. The van der Waals surface area contributed by atoms with Crippen molar-refractivity contribution in [1.29, 1.82) is 0 Å². The molecule has 5 nitrogen and oxygen atoms in total. The molecule has 0 N–H and O–H groups in total. The molecule has 3 aromatic rings. The van der Waals surface area contributed by atoms with Gasteiger partial charge in [0.05, 0.1) is 6.54 Å². The molecule has 2 aromatic heterocycles. The quantitative estimate of drug-likeness (QED) is 0.692. The highest BCUT2D eigenvalue weighted by molar-refractivity contribution is 5.97. The third-order valence-electron chi connectivity index (χ3n) is 4.22. The van der Waals surface area contributed by atoms with E-state index >= 15 is 0 Å². The lowest BCUT2D eigenvalue weighted by Gasteiger charge is -2.15. The van der Waals surface area contributed by atoms with Crippen molar-refractivity contribution in [2.45, 2.75) is 32.4 Å². The summed E-state index contributed by atoms with van der Waals surface area (Å²) in [6.45, 7) is 1.70. The van der Waals surface area contributed by atoms with Gasteiger partial charge in [-0.2, -0.15) is 0 Å². The fourth-order valence-corrected chi connectivity index (χ4v) is 3.13. The Morgan fingerprint density at radius 3 is 3.05 bits per heavy atom. The van der Waals surface area contributed by atoms with Gasteiger partial charge >= 0.3 is 0 Å². The molecule has 1 aliphatic rings. The summed E-state index contributed by atoms with van der Waals surface area (Å²) in [4.78, 5) is 11.1. The first-order valence-corrected chi connectivity index (χ1v) is 7.31. The van der Waals surface area contributed by atoms with Crippen LogP contribution in [0.15, 0.2) is 30.5 Å². The number of benzene rings is 1. The topological polar surface area (TPSA) is 52.7 Å². The van der Waals surface area contributed by atoms with Crippen LogP contribution in [0.25, 0.3) is 10.9 Å². The molecule has 4 rings (SSSR count). The summed E-state index contributed by atoms with van der Waals surface area (Å²) >= 11 is 0. The summed E-state index contributed by atoms with van der Waals surface area (Å²) in [6.07, 6.45) is 6.34. The zero-order valence-corrected chi connectivity index (χ0v) is 11.7. The van der Waals surface area contributed by atoms with Crippen molar-refractivity contribution >= 4 is 17.2 Å². The number of hydrogen-bond acceptors (Lipinski definition) is 3. The van der Waals surface area contributed by atoms with Crippen LogP contribution in [0.4, 0.5) is 0 Å². The molecular formula is C16H16N4O. The maximum Gasteiger partial charge on any atom is 0.153 e. The zero-order valence-electron chi connectivity index (χ0n) is 11.7. The minimum absolute atomic E-state index is 0.693. The maximum absolute atomic E-state index is 11.1. The number of aromatic nitrogens is 4. The Morgan fingerprint density at radius 2 is 2.14 bits per heavy atom. The number of carbonyl (C=O) groups excluding carboxylic acids is 1. The van der Waals surface area contributed by atoms with E-state index < -0.39 is 0 Å². The van der Waals surface area contributed by atoms with E-state index in [1.807, 2.05) is 30.5 Å². The molecule has 0 amide bonds. The Hall–Kier alpha value is -2.43. The molecule has 0 saturated heterocycles. The van der Waals surface area contributed by atoms with Crippen LogP contribution in [-0.2, 0) is 19.5 Å². The van der Waals surface area contributed by atoms with Crippen molar-refractivity contribution in [3.05, 3.63) is 47.7 Å². The molecule has 21 heavy (non-hydrogen) atoms. The molecule has 1 aromatic carbocycles. The number of rotatable bonds is 3. The highest BCUT2D eigenvalue weighted by Crippen LogP contribution is 2.21. The van der Waals surface area contributed by atoms with Gasteiger partial charge in [0.2, 0.25) is 0 Å². The molecule has 0 saturated carbocycles. The average molecular weight is 280 g/mol. The largest absolute Gasteiger partial charge is 0.340 e. The Labute approximate surface area is 122 Å². The smallest absolute Gasteiger partial charge is 0.153 e. The highest BCUT2D eigenvalue weighted by Gasteiger charge is 2.16. The number of nitrogens with zero attached hydrogens (tertiary/aromatic N) is 4. The Bertz CT molecular complexity index is 815. The lowest BCUT2D eigenvalue weighted by Crippen LogP contribution is -2.14. The van der Waals surface area contributed by atoms with Crippen LogP contribution >= 0.6 is 0 Å². The molecule has 0 radical (unpaired) electrons. The Balaban J connectivity index is 1.75. The number of fused-ring (bicyclic) bond motifs is 2. The second-order valence-electron chi connectivity index (χ2n) is 5.48. The SMILES string of the molecule is O=Cc1cccc2c1ccn2Cc1nnc2n1CCCC2. The minimum atomic E-state index is 0.693. The first kappa shape index (κ1) is 12.3. The van der Waals surface area contributed by atoms with E-state index in [-0.39, 0.29) is 0 Å². The van der Waals surface area contributed by atoms with Crippen LogP contribution in [0.5, 0.6) is 0 Å². The second-order valence-corrected chi connectivity index (χ2v) is 5.48. The van der Waals surface area contributed by atoms with Crippen molar-refractivity contribution in [3.63, 3.8) is 0 Å². The van der Waals surface area contributed by atoms with Gasteiger partial charge < -0.3 is 9.13 Å². The molecule has 0 fully saturated rings. The molecule has 0 atom stereocenters. The molecule has 0 spiro atoms. The van der Waals surface area contributed by atoms with Gasteiger partial charge in [-0.1, -0.05) is 12.1 Å². The maximum atomic E-state index is 11.1. The van der Waals surface area contributed by atoms with E-state index in [0.717, 1.165) is 47.4 Å². The Kier molecular flexibility index (Phi) is 2.84. The molecule has 0 unspecified atom stereocenters. The summed E-state index contributed by atoms with van der Waals surface area (Å²) in [5.74, 6) is 2.10. The summed E-state index contributed by atoms with van der Waals surface area (Å²) in [7, 11) is 0. The van der Waals surface area contributed by atoms with Gasteiger partial charge in [0.15, 0.2) is 12.1 Å². The van der Waals surface area contributed by atoms with E-state index in [1.165, 1.54) is 12.8 Å². The number of hydrogen-bond donors (Lipinski definition) is 0. The first-order valence-electron chi connectivity index (χ1n) is 7.31. The molecule has 0 aliphatic carbocycles. The standard InChI is InChI=1S/C16H16N4O/c21-11-12-4-3-5-14-13(12)7-9-19(14)10-16-18-17-15-6-1-2-8-20(15)16/h3-5,7,9,11H,1-2,6,8,10H2. The summed E-state index contributed by atoms with van der Waals surface area (Å²) in [5, 5.41) is 9.63. The van der Waals surface area contributed by atoms with Gasteiger partial charge in [0, 0.05) is 35.6 Å². The van der Waals surface area contributed by atoms with Gasteiger partial charge in [-0.05, 0) is 25.0 Å². The van der Waals surface area contributed by atoms with Crippen molar-refractivity contribution in [1.82, 2.24) is 19.3 Å². The van der Waals surface area contributed by atoms with Crippen molar-refractivity contribution in [2.75, 3.05) is 0 Å². The zero-order chi connectivity index (χ0) is 14.2. The summed E-state index contributed by atoms with van der Waals surface area (Å²) < 4.78 is 4.37. The van der Waals surface area contributed by atoms with Gasteiger partial charge in [0.1, 0.15) is 5.82 Å². The van der Waals surface area contributed by atoms with Crippen LogP contribution in [0.3, 0.4) is 0 Å². The van der Waals surface area contributed by atoms with Gasteiger partial charge in [-0.15, -0.1) is 10.2 Å². The van der Waals surface area contributed by atoms with Gasteiger partial charge in [-0.3, -0.25) is 4.79 Å². The van der Waals surface area contributed by atoms with Crippen molar-refractivity contribution in [3.8, 4) is 0 Å². The fraction of sp³-hybridized carbons (Fsp3) is 0.312. The van der Waals surface area contributed by atoms with E-state index in [1.54, 1.807) is 0 Å². The van der Waals surface area contributed by atoms with E-state index in [0.29, 0.717) is 6.54 Å². The second kappa shape index (κ2) is 4.84. The van der Waals surface area contributed by atoms with E-state index in [4.69, 9.17) is 0 Å². The van der Waals surface area contributed by atoms with Crippen LogP contribution in [0.1, 0.15) is 34.8 Å². The molecule has 0 bridgehead atoms. The Morgan fingerprint density at radius 1 is 1.19 bits per heavy atom. The monoisotopic (exact) mass is 280 g/mol. The van der Waals surface area contributed by atoms with E-state index in [2.05, 4.69) is 19.3 Å². The molecule has 5 heteroatoms. The summed E-state index contributed by atoms with van der Waals surface area (Å²) in [5.41, 5.74) is 1.79. The van der Waals surface area contributed by atoms with Crippen LogP contribution in [-0.4, -0.2) is 25.6 Å². The van der Waals surface area contributed by atoms with E-state index in [9.17, 15) is 4.79 Å². The lowest BCUT2D eigenvalue weighted by atomic mass is 10.1.